The first-order valence-corrected chi connectivity index (χ1v) is 8.26. The molecule has 3 fully saturated rings. The Bertz CT molecular complexity index is 314. The summed E-state index contributed by atoms with van der Waals surface area (Å²) in [5.74, 6) is 0.870. The lowest BCUT2D eigenvalue weighted by atomic mass is 9.66. The molecule has 1 spiro atoms. The summed E-state index contributed by atoms with van der Waals surface area (Å²) in [4.78, 5) is 0. The average Bonchev–Trinajstić information content (AvgIpc) is 2.87. The van der Waals surface area contributed by atoms with E-state index in [1.807, 2.05) is 0 Å². The molecule has 2 N–H and O–H groups in total. The van der Waals surface area contributed by atoms with Crippen LogP contribution in [0.5, 0.6) is 0 Å². The Hall–Kier alpha value is -0.120. The molecule has 0 aromatic heterocycles. The molecular weight excluding hydrogens is 238 g/mol. The Balaban J connectivity index is 1.76. The number of nitrogens with one attached hydrogen (secondary N) is 1. The van der Waals surface area contributed by atoms with E-state index in [1.165, 1.54) is 25.7 Å². The molecular formula is C16H29NO2. The molecule has 19 heavy (non-hydrogen) atoms. The molecule has 110 valence electrons. The molecule has 2 aliphatic heterocycles. The first-order valence-electron chi connectivity index (χ1n) is 8.26. The van der Waals surface area contributed by atoms with Gasteiger partial charge < -0.3 is 15.2 Å². The van der Waals surface area contributed by atoms with Gasteiger partial charge in [0.1, 0.15) is 0 Å². The van der Waals surface area contributed by atoms with Crippen LogP contribution in [0.3, 0.4) is 0 Å². The predicted octanol–water partition coefficient (Wildman–Crippen LogP) is 2.48. The smallest absolute Gasteiger partial charge is 0.0729 e. The van der Waals surface area contributed by atoms with E-state index in [2.05, 4.69) is 12.2 Å². The van der Waals surface area contributed by atoms with Crippen molar-refractivity contribution < 1.29 is 9.84 Å². The molecule has 0 bridgehead atoms. The highest BCUT2D eigenvalue weighted by Crippen LogP contribution is 2.48. The standard InChI is InChI=1S/C16H29NO2/c1-2-13-12-17-9-8-16(13,18)14-5-10-19-15(11-14)6-3-4-7-15/h13-14,17-18H,2-12H2,1H3. The monoisotopic (exact) mass is 267 g/mol. The van der Waals surface area contributed by atoms with Crippen LogP contribution in [0.2, 0.25) is 0 Å². The minimum atomic E-state index is -0.445. The van der Waals surface area contributed by atoms with Crippen LogP contribution in [0.4, 0.5) is 0 Å². The highest BCUT2D eigenvalue weighted by atomic mass is 16.5. The van der Waals surface area contributed by atoms with E-state index in [0.717, 1.165) is 45.4 Å². The summed E-state index contributed by atoms with van der Waals surface area (Å²) in [7, 11) is 0. The Morgan fingerprint density at radius 1 is 1.26 bits per heavy atom. The Morgan fingerprint density at radius 2 is 2.05 bits per heavy atom. The Kier molecular flexibility index (Phi) is 3.89. The summed E-state index contributed by atoms with van der Waals surface area (Å²) in [6.45, 7) is 5.03. The molecule has 1 aliphatic carbocycles. The van der Waals surface area contributed by atoms with Gasteiger partial charge in [-0.15, -0.1) is 0 Å². The second kappa shape index (κ2) is 5.34. The molecule has 3 nitrogen and oxygen atoms in total. The molecule has 3 rings (SSSR count). The van der Waals surface area contributed by atoms with Gasteiger partial charge in [-0.3, -0.25) is 0 Å². The van der Waals surface area contributed by atoms with Gasteiger partial charge in [-0.2, -0.15) is 0 Å². The summed E-state index contributed by atoms with van der Waals surface area (Å²) in [6.07, 6.45) is 9.20. The second-order valence-corrected chi connectivity index (χ2v) is 6.98. The second-order valence-electron chi connectivity index (χ2n) is 6.98. The van der Waals surface area contributed by atoms with E-state index in [0.29, 0.717) is 11.8 Å². The maximum atomic E-state index is 11.3. The van der Waals surface area contributed by atoms with E-state index in [1.54, 1.807) is 0 Å². The summed E-state index contributed by atoms with van der Waals surface area (Å²) in [5.41, 5.74) is -0.318. The number of piperidine rings is 1. The lowest BCUT2D eigenvalue weighted by molar-refractivity contribution is -0.165. The van der Waals surface area contributed by atoms with Crippen LogP contribution in [-0.2, 0) is 4.74 Å². The zero-order chi connectivity index (χ0) is 13.3. The molecule has 3 atom stereocenters. The van der Waals surface area contributed by atoms with E-state index >= 15 is 0 Å². The van der Waals surface area contributed by atoms with Gasteiger partial charge >= 0.3 is 0 Å². The SMILES string of the molecule is CCC1CNCCC1(O)C1CCOC2(CCCC2)C1. The Morgan fingerprint density at radius 3 is 2.79 bits per heavy atom. The number of aliphatic hydroxyl groups is 1. The van der Waals surface area contributed by atoms with Gasteiger partial charge in [0.25, 0.3) is 0 Å². The average molecular weight is 267 g/mol. The van der Waals surface area contributed by atoms with E-state index in [9.17, 15) is 5.11 Å². The third-order valence-electron chi connectivity index (χ3n) is 6.01. The minimum Gasteiger partial charge on any atom is -0.389 e. The normalized spacial score (nSPS) is 42.6. The van der Waals surface area contributed by atoms with Crippen LogP contribution >= 0.6 is 0 Å². The van der Waals surface area contributed by atoms with Crippen molar-refractivity contribution in [1.82, 2.24) is 5.32 Å². The van der Waals surface area contributed by atoms with Crippen molar-refractivity contribution in [2.75, 3.05) is 19.7 Å². The van der Waals surface area contributed by atoms with Gasteiger partial charge in [-0.1, -0.05) is 19.8 Å². The highest BCUT2D eigenvalue weighted by Gasteiger charge is 2.50. The Labute approximate surface area is 117 Å². The van der Waals surface area contributed by atoms with E-state index in [4.69, 9.17) is 4.74 Å². The number of ether oxygens (including phenoxy) is 1. The molecule has 3 aliphatic rings. The molecule has 0 aromatic rings. The molecule has 2 saturated heterocycles. The van der Waals surface area contributed by atoms with Crippen molar-refractivity contribution in [3.63, 3.8) is 0 Å². The van der Waals surface area contributed by atoms with Crippen molar-refractivity contribution >= 4 is 0 Å². The zero-order valence-electron chi connectivity index (χ0n) is 12.3. The lowest BCUT2D eigenvalue weighted by Crippen LogP contribution is -2.57. The minimum absolute atomic E-state index is 0.127. The summed E-state index contributed by atoms with van der Waals surface area (Å²) in [5, 5.41) is 14.8. The van der Waals surface area contributed by atoms with Gasteiger partial charge in [0.15, 0.2) is 0 Å². The first-order chi connectivity index (χ1) is 9.19. The first kappa shape index (κ1) is 13.8. The maximum absolute atomic E-state index is 11.3. The van der Waals surface area contributed by atoms with Crippen molar-refractivity contribution in [2.45, 2.75) is 69.5 Å². The van der Waals surface area contributed by atoms with Gasteiger partial charge in [0.2, 0.25) is 0 Å². The predicted molar refractivity (Wildman–Crippen MR) is 76.1 cm³/mol. The van der Waals surface area contributed by atoms with Gasteiger partial charge in [-0.25, -0.2) is 0 Å². The van der Waals surface area contributed by atoms with E-state index < -0.39 is 5.60 Å². The quantitative estimate of drug-likeness (QED) is 0.807. The van der Waals surface area contributed by atoms with Crippen LogP contribution in [-0.4, -0.2) is 36.0 Å². The summed E-state index contributed by atoms with van der Waals surface area (Å²) in [6, 6.07) is 0. The molecule has 1 saturated carbocycles. The van der Waals surface area contributed by atoms with Crippen LogP contribution in [0, 0.1) is 11.8 Å². The molecule has 0 amide bonds. The van der Waals surface area contributed by atoms with E-state index in [-0.39, 0.29) is 5.60 Å². The summed E-state index contributed by atoms with van der Waals surface area (Å²) < 4.78 is 6.13. The van der Waals surface area contributed by atoms with Crippen LogP contribution < -0.4 is 5.32 Å². The zero-order valence-corrected chi connectivity index (χ0v) is 12.3. The number of hydrogen-bond acceptors (Lipinski definition) is 3. The van der Waals surface area contributed by atoms with Crippen molar-refractivity contribution in [2.24, 2.45) is 11.8 Å². The fourth-order valence-electron chi connectivity index (χ4n) is 4.80. The fraction of sp³-hybridized carbons (Fsp3) is 1.00. The molecule has 3 unspecified atom stereocenters. The third-order valence-corrected chi connectivity index (χ3v) is 6.01. The van der Waals surface area contributed by atoms with Crippen molar-refractivity contribution in [3.05, 3.63) is 0 Å². The van der Waals surface area contributed by atoms with Crippen molar-refractivity contribution in [1.29, 1.82) is 0 Å². The summed E-state index contributed by atoms with van der Waals surface area (Å²) >= 11 is 0. The topological polar surface area (TPSA) is 41.5 Å². The molecule has 0 aromatic carbocycles. The number of rotatable bonds is 2. The maximum Gasteiger partial charge on any atom is 0.0729 e. The largest absolute Gasteiger partial charge is 0.389 e. The molecule has 2 heterocycles. The van der Waals surface area contributed by atoms with Gasteiger partial charge in [-0.05, 0) is 51.0 Å². The van der Waals surface area contributed by atoms with Crippen molar-refractivity contribution in [3.8, 4) is 0 Å². The lowest BCUT2D eigenvalue weighted by Gasteiger charge is -2.50. The molecule has 0 radical (unpaired) electrons. The van der Waals surface area contributed by atoms with Gasteiger partial charge in [0.05, 0.1) is 11.2 Å². The van der Waals surface area contributed by atoms with Gasteiger partial charge in [0, 0.05) is 19.1 Å². The van der Waals surface area contributed by atoms with Crippen LogP contribution in [0.25, 0.3) is 0 Å². The fourth-order valence-corrected chi connectivity index (χ4v) is 4.80. The highest BCUT2D eigenvalue weighted by molar-refractivity contribution is 5.02. The third kappa shape index (κ3) is 2.45. The van der Waals surface area contributed by atoms with Crippen LogP contribution in [0.1, 0.15) is 58.3 Å². The number of hydrogen-bond donors (Lipinski definition) is 2. The van der Waals surface area contributed by atoms with Crippen LogP contribution in [0.15, 0.2) is 0 Å². The molecule has 3 heteroatoms.